The van der Waals surface area contributed by atoms with Gasteiger partial charge in [-0.3, -0.25) is 9.69 Å². The Labute approximate surface area is 185 Å². The van der Waals surface area contributed by atoms with Crippen molar-refractivity contribution in [1.82, 2.24) is 4.98 Å². The Kier molecular flexibility index (Phi) is 6.87. The van der Waals surface area contributed by atoms with Gasteiger partial charge in [0.05, 0.1) is 29.5 Å². The van der Waals surface area contributed by atoms with Crippen molar-refractivity contribution in [2.75, 3.05) is 24.7 Å². The highest BCUT2D eigenvalue weighted by Crippen LogP contribution is 2.32. The maximum absolute atomic E-state index is 13.5. The van der Waals surface area contributed by atoms with Gasteiger partial charge in [-0.05, 0) is 55.7 Å². The van der Waals surface area contributed by atoms with E-state index in [1.165, 1.54) is 11.3 Å². The molecule has 0 radical (unpaired) electrons. The second-order valence-electron chi connectivity index (χ2n) is 7.39. The molecule has 2 heterocycles. The van der Waals surface area contributed by atoms with Gasteiger partial charge in [0.15, 0.2) is 5.13 Å². The third kappa shape index (κ3) is 4.94. The molecule has 0 spiro atoms. The van der Waals surface area contributed by atoms with Crippen LogP contribution in [-0.2, 0) is 4.74 Å². The third-order valence-corrected chi connectivity index (χ3v) is 6.35. The normalized spacial score (nSPS) is 16.1. The van der Waals surface area contributed by atoms with Crippen LogP contribution in [0.2, 0.25) is 5.02 Å². The van der Waals surface area contributed by atoms with Crippen LogP contribution in [0.15, 0.2) is 42.5 Å². The fourth-order valence-corrected chi connectivity index (χ4v) is 4.70. The lowest BCUT2D eigenvalue weighted by Gasteiger charge is -2.23. The zero-order valence-corrected chi connectivity index (χ0v) is 18.5. The summed E-state index contributed by atoms with van der Waals surface area (Å²) in [5, 5.41) is 1.32. The summed E-state index contributed by atoms with van der Waals surface area (Å²) in [6.07, 6.45) is 4.03. The summed E-state index contributed by atoms with van der Waals surface area (Å²) in [5.74, 6) is 0.610. The van der Waals surface area contributed by atoms with E-state index in [1.54, 1.807) is 4.90 Å². The number of unbranched alkanes of at least 4 members (excludes halogenated alkanes) is 1. The maximum atomic E-state index is 13.5. The Balaban J connectivity index is 1.63. The number of carbonyl (C=O) groups excluding carboxylic acids is 1. The lowest BCUT2D eigenvalue weighted by molar-refractivity contribution is 0.0917. The summed E-state index contributed by atoms with van der Waals surface area (Å²) in [6, 6.07) is 13.0. The first-order chi connectivity index (χ1) is 14.6. The average molecular weight is 445 g/mol. The molecule has 1 aromatic heterocycles. The van der Waals surface area contributed by atoms with Crippen LogP contribution in [0, 0.1) is 0 Å². The SMILES string of the molecule is CCCCOc1cccc(C(=O)N(CC2CCCO2)c2nc3ccc(Cl)cc3s2)c1. The largest absolute Gasteiger partial charge is 0.494 e. The number of hydrogen-bond acceptors (Lipinski definition) is 5. The number of carbonyl (C=O) groups is 1. The van der Waals surface area contributed by atoms with Gasteiger partial charge in [-0.2, -0.15) is 0 Å². The number of thiazole rings is 1. The standard InChI is InChI=1S/C23H25ClN2O3S/c1-2-3-11-28-18-7-4-6-16(13-18)22(27)26(15-19-8-5-12-29-19)23-25-20-10-9-17(24)14-21(20)30-23/h4,6-7,9-10,13-14,19H,2-3,5,8,11-12,15H2,1H3. The van der Waals surface area contributed by atoms with Gasteiger partial charge in [0.1, 0.15) is 5.75 Å². The molecule has 0 bridgehead atoms. The molecule has 0 N–H and O–H groups in total. The van der Waals surface area contributed by atoms with Gasteiger partial charge in [-0.25, -0.2) is 4.98 Å². The van der Waals surface area contributed by atoms with E-state index in [9.17, 15) is 4.79 Å². The first kappa shape index (κ1) is 21.1. The van der Waals surface area contributed by atoms with Gasteiger partial charge in [0.2, 0.25) is 0 Å². The zero-order chi connectivity index (χ0) is 20.9. The van der Waals surface area contributed by atoms with Crippen LogP contribution in [-0.4, -0.2) is 36.8 Å². The summed E-state index contributed by atoms with van der Waals surface area (Å²) in [6.45, 7) is 3.99. The van der Waals surface area contributed by atoms with E-state index in [0.717, 1.165) is 42.5 Å². The minimum Gasteiger partial charge on any atom is -0.494 e. The molecule has 1 aliphatic rings. The number of halogens is 1. The number of nitrogens with zero attached hydrogens (tertiary/aromatic N) is 2. The van der Waals surface area contributed by atoms with Crippen molar-refractivity contribution in [3.63, 3.8) is 0 Å². The highest BCUT2D eigenvalue weighted by molar-refractivity contribution is 7.22. The predicted molar refractivity (Wildman–Crippen MR) is 122 cm³/mol. The highest BCUT2D eigenvalue weighted by atomic mass is 35.5. The van der Waals surface area contributed by atoms with E-state index >= 15 is 0 Å². The molecule has 0 aliphatic carbocycles. The van der Waals surface area contributed by atoms with Crippen LogP contribution >= 0.6 is 22.9 Å². The maximum Gasteiger partial charge on any atom is 0.260 e. The lowest BCUT2D eigenvalue weighted by atomic mass is 10.1. The number of benzene rings is 2. The quantitative estimate of drug-likeness (QED) is 0.402. The predicted octanol–water partition coefficient (Wildman–Crippen LogP) is 5.95. The van der Waals surface area contributed by atoms with Gasteiger partial charge in [0.25, 0.3) is 5.91 Å². The van der Waals surface area contributed by atoms with Gasteiger partial charge in [0, 0.05) is 17.2 Å². The number of ether oxygens (including phenoxy) is 2. The molecule has 7 heteroatoms. The van der Waals surface area contributed by atoms with E-state index in [2.05, 4.69) is 6.92 Å². The number of anilines is 1. The molecule has 4 rings (SSSR count). The number of fused-ring (bicyclic) bond motifs is 1. The fraction of sp³-hybridized carbons (Fsp3) is 0.391. The van der Waals surface area contributed by atoms with Gasteiger partial charge in [-0.1, -0.05) is 42.3 Å². The second kappa shape index (κ2) is 9.77. The molecule has 158 valence electrons. The Morgan fingerprint density at radius 1 is 1.33 bits per heavy atom. The van der Waals surface area contributed by atoms with Crippen LogP contribution in [0.25, 0.3) is 10.2 Å². The molecule has 1 aliphatic heterocycles. The van der Waals surface area contributed by atoms with Crippen LogP contribution in [0.4, 0.5) is 5.13 Å². The molecule has 1 fully saturated rings. The molecule has 1 atom stereocenters. The number of rotatable bonds is 8. The number of amides is 1. The van der Waals surface area contributed by atoms with Gasteiger partial charge < -0.3 is 9.47 Å². The minimum absolute atomic E-state index is 0.0218. The Bertz CT molecular complexity index is 1020. The molecular weight excluding hydrogens is 420 g/mol. The van der Waals surface area contributed by atoms with Crippen LogP contribution in [0.5, 0.6) is 5.75 Å². The van der Waals surface area contributed by atoms with Crippen molar-refractivity contribution in [3.8, 4) is 5.75 Å². The van der Waals surface area contributed by atoms with E-state index in [4.69, 9.17) is 26.1 Å². The molecule has 1 saturated heterocycles. The first-order valence-corrected chi connectivity index (χ1v) is 11.6. The topological polar surface area (TPSA) is 51.7 Å². The molecule has 1 unspecified atom stereocenters. The summed E-state index contributed by atoms with van der Waals surface area (Å²) >= 11 is 7.61. The van der Waals surface area contributed by atoms with E-state index in [0.29, 0.717) is 34.6 Å². The molecular formula is C23H25ClN2O3S. The fourth-order valence-electron chi connectivity index (χ4n) is 3.45. The Morgan fingerprint density at radius 3 is 3.03 bits per heavy atom. The van der Waals surface area contributed by atoms with E-state index in [-0.39, 0.29) is 12.0 Å². The van der Waals surface area contributed by atoms with Crippen molar-refractivity contribution in [1.29, 1.82) is 0 Å². The molecule has 5 nitrogen and oxygen atoms in total. The highest BCUT2D eigenvalue weighted by Gasteiger charge is 2.27. The van der Waals surface area contributed by atoms with Crippen molar-refractivity contribution in [2.45, 2.75) is 38.7 Å². The Morgan fingerprint density at radius 2 is 2.23 bits per heavy atom. The minimum atomic E-state index is -0.100. The van der Waals surface area contributed by atoms with Crippen molar-refractivity contribution >= 4 is 44.2 Å². The monoisotopic (exact) mass is 444 g/mol. The second-order valence-corrected chi connectivity index (χ2v) is 8.83. The average Bonchev–Trinajstić information content (AvgIpc) is 3.41. The van der Waals surface area contributed by atoms with Crippen LogP contribution < -0.4 is 9.64 Å². The van der Waals surface area contributed by atoms with E-state index in [1.807, 2.05) is 42.5 Å². The lowest BCUT2D eigenvalue weighted by Crippen LogP contribution is -2.37. The van der Waals surface area contributed by atoms with Gasteiger partial charge in [-0.15, -0.1) is 0 Å². The summed E-state index contributed by atoms with van der Waals surface area (Å²) in [5.41, 5.74) is 1.42. The first-order valence-electron chi connectivity index (χ1n) is 10.4. The van der Waals surface area contributed by atoms with Gasteiger partial charge >= 0.3 is 0 Å². The smallest absolute Gasteiger partial charge is 0.260 e. The van der Waals surface area contributed by atoms with Crippen molar-refractivity contribution in [3.05, 3.63) is 53.1 Å². The molecule has 3 aromatic rings. The van der Waals surface area contributed by atoms with Crippen LogP contribution in [0.3, 0.4) is 0 Å². The van der Waals surface area contributed by atoms with Crippen molar-refractivity contribution < 1.29 is 14.3 Å². The summed E-state index contributed by atoms with van der Waals surface area (Å²) in [7, 11) is 0. The van der Waals surface area contributed by atoms with Crippen molar-refractivity contribution in [2.24, 2.45) is 0 Å². The molecule has 30 heavy (non-hydrogen) atoms. The molecule has 2 aromatic carbocycles. The zero-order valence-electron chi connectivity index (χ0n) is 17.0. The number of aromatic nitrogens is 1. The number of hydrogen-bond donors (Lipinski definition) is 0. The molecule has 1 amide bonds. The summed E-state index contributed by atoms with van der Waals surface area (Å²) < 4.78 is 12.6. The van der Waals surface area contributed by atoms with Crippen LogP contribution in [0.1, 0.15) is 43.0 Å². The summed E-state index contributed by atoms with van der Waals surface area (Å²) in [4.78, 5) is 20.0. The Hall–Kier alpha value is -2.15. The third-order valence-electron chi connectivity index (χ3n) is 5.07. The molecule has 0 saturated carbocycles. The van der Waals surface area contributed by atoms with E-state index < -0.39 is 0 Å².